The number of carbonyl (C=O) groups is 1. The van der Waals surface area contributed by atoms with Gasteiger partial charge in [0.15, 0.2) is 4.34 Å². The predicted octanol–water partition coefficient (Wildman–Crippen LogP) is 4.59. The quantitative estimate of drug-likeness (QED) is 0.381. The SMILES string of the molecule is CCCCNc1nnc(SCC(=O)Nc2c(C)nn(-c3ccc(C)cc3)c2C)s1. The molecule has 0 aliphatic rings. The van der Waals surface area contributed by atoms with Crippen LogP contribution < -0.4 is 10.6 Å². The van der Waals surface area contributed by atoms with Gasteiger partial charge in [-0.15, -0.1) is 10.2 Å². The van der Waals surface area contributed by atoms with Crippen molar-refractivity contribution >= 4 is 39.8 Å². The number of carbonyl (C=O) groups excluding carboxylic acids is 1. The number of unbranched alkanes of at least 4 members (excludes halogenated alkanes) is 1. The van der Waals surface area contributed by atoms with E-state index in [1.165, 1.54) is 28.7 Å². The molecule has 2 heterocycles. The molecule has 0 saturated carbocycles. The maximum absolute atomic E-state index is 12.5. The number of hydrogen-bond donors (Lipinski definition) is 2. The minimum Gasteiger partial charge on any atom is -0.360 e. The molecule has 9 heteroatoms. The van der Waals surface area contributed by atoms with Crippen molar-refractivity contribution in [2.45, 2.75) is 44.9 Å². The van der Waals surface area contributed by atoms with Crippen LogP contribution in [0.25, 0.3) is 5.69 Å². The van der Waals surface area contributed by atoms with E-state index in [1.807, 2.05) is 42.8 Å². The van der Waals surface area contributed by atoms with E-state index < -0.39 is 0 Å². The Kier molecular flexibility index (Phi) is 7.27. The Labute approximate surface area is 179 Å². The summed E-state index contributed by atoms with van der Waals surface area (Å²) in [5, 5.41) is 19.9. The van der Waals surface area contributed by atoms with Crippen LogP contribution >= 0.6 is 23.1 Å². The highest BCUT2D eigenvalue weighted by Crippen LogP contribution is 2.27. The number of amides is 1. The van der Waals surface area contributed by atoms with Crippen molar-refractivity contribution in [3.05, 3.63) is 41.2 Å². The van der Waals surface area contributed by atoms with Crippen LogP contribution in [0.15, 0.2) is 28.6 Å². The lowest BCUT2D eigenvalue weighted by atomic mass is 10.2. The van der Waals surface area contributed by atoms with Gasteiger partial charge >= 0.3 is 0 Å². The minimum absolute atomic E-state index is 0.0830. The molecule has 0 atom stereocenters. The van der Waals surface area contributed by atoms with E-state index in [1.54, 1.807) is 0 Å². The van der Waals surface area contributed by atoms with E-state index in [4.69, 9.17) is 0 Å². The Morgan fingerprint density at radius 1 is 1.17 bits per heavy atom. The summed E-state index contributed by atoms with van der Waals surface area (Å²) in [4.78, 5) is 12.5. The second-order valence-corrected chi connectivity index (χ2v) is 8.98. The van der Waals surface area contributed by atoms with Gasteiger partial charge < -0.3 is 10.6 Å². The van der Waals surface area contributed by atoms with Gasteiger partial charge in [-0.3, -0.25) is 4.79 Å². The molecule has 1 aromatic carbocycles. The lowest BCUT2D eigenvalue weighted by Gasteiger charge is -2.07. The molecular formula is C20H26N6OS2. The number of aromatic nitrogens is 4. The molecule has 0 saturated heterocycles. The van der Waals surface area contributed by atoms with Crippen molar-refractivity contribution in [3.63, 3.8) is 0 Å². The Bertz CT molecular complexity index is 964. The van der Waals surface area contributed by atoms with Gasteiger partial charge in [0, 0.05) is 6.54 Å². The highest BCUT2D eigenvalue weighted by Gasteiger charge is 2.16. The van der Waals surface area contributed by atoms with Crippen molar-refractivity contribution < 1.29 is 4.79 Å². The van der Waals surface area contributed by atoms with Crippen molar-refractivity contribution in [2.75, 3.05) is 22.9 Å². The Morgan fingerprint density at radius 2 is 1.93 bits per heavy atom. The first-order chi connectivity index (χ1) is 14.0. The summed E-state index contributed by atoms with van der Waals surface area (Å²) >= 11 is 2.86. The normalized spacial score (nSPS) is 10.9. The molecule has 2 aromatic heterocycles. The molecule has 0 fully saturated rings. The first kappa shape index (κ1) is 21.3. The highest BCUT2D eigenvalue weighted by atomic mass is 32.2. The van der Waals surface area contributed by atoms with Crippen LogP contribution in [0.2, 0.25) is 0 Å². The largest absolute Gasteiger partial charge is 0.360 e. The van der Waals surface area contributed by atoms with Gasteiger partial charge in [0.2, 0.25) is 11.0 Å². The lowest BCUT2D eigenvalue weighted by Crippen LogP contribution is -2.15. The number of benzene rings is 1. The summed E-state index contributed by atoms with van der Waals surface area (Å²) in [6, 6.07) is 8.15. The van der Waals surface area contributed by atoms with Gasteiger partial charge in [-0.25, -0.2) is 4.68 Å². The molecule has 0 bridgehead atoms. The Morgan fingerprint density at radius 3 is 2.66 bits per heavy atom. The second kappa shape index (κ2) is 9.89. The fourth-order valence-corrected chi connectivity index (χ4v) is 4.35. The number of anilines is 2. The summed E-state index contributed by atoms with van der Waals surface area (Å²) < 4.78 is 2.64. The molecule has 0 unspecified atom stereocenters. The summed E-state index contributed by atoms with van der Waals surface area (Å²) in [6.07, 6.45) is 2.23. The predicted molar refractivity (Wildman–Crippen MR) is 120 cm³/mol. The maximum Gasteiger partial charge on any atom is 0.234 e. The van der Waals surface area contributed by atoms with Gasteiger partial charge in [-0.2, -0.15) is 5.10 Å². The topological polar surface area (TPSA) is 84.7 Å². The van der Waals surface area contributed by atoms with Crippen molar-refractivity contribution in [1.82, 2.24) is 20.0 Å². The van der Waals surface area contributed by atoms with Gasteiger partial charge in [-0.05, 0) is 39.3 Å². The number of thioether (sulfide) groups is 1. The average Bonchev–Trinajstić information content (AvgIpc) is 3.27. The minimum atomic E-state index is -0.0830. The first-order valence-electron chi connectivity index (χ1n) is 9.61. The standard InChI is InChI=1S/C20H26N6OS2/c1-5-6-11-21-19-23-24-20(29-19)28-12-17(27)22-18-14(3)25-26(15(18)4)16-9-7-13(2)8-10-16/h7-10H,5-6,11-12H2,1-4H3,(H,21,23)(H,22,27). The zero-order valence-corrected chi connectivity index (χ0v) is 18.8. The van der Waals surface area contributed by atoms with Crippen LogP contribution in [-0.4, -0.2) is 38.2 Å². The average molecular weight is 431 g/mol. The summed E-state index contributed by atoms with van der Waals surface area (Å²) in [7, 11) is 0. The number of aryl methyl sites for hydroxylation is 2. The first-order valence-corrected chi connectivity index (χ1v) is 11.4. The molecule has 0 aliphatic heterocycles. The van der Waals surface area contributed by atoms with Crippen LogP contribution in [-0.2, 0) is 4.79 Å². The van der Waals surface area contributed by atoms with E-state index in [-0.39, 0.29) is 11.7 Å². The number of nitrogens with one attached hydrogen (secondary N) is 2. The van der Waals surface area contributed by atoms with E-state index in [9.17, 15) is 4.79 Å². The molecule has 29 heavy (non-hydrogen) atoms. The molecule has 0 spiro atoms. The maximum atomic E-state index is 12.5. The Hall–Kier alpha value is -2.39. The molecule has 0 radical (unpaired) electrons. The van der Waals surface area contributed by atoms with Crippen molar-refractivity contribution in [1.29, 1.82) is 0 Å². The highest BCUT2D eigenvalue weighted by molar-refractivity contribution is 8.01. The number of nitrogens with zero attached hydrogens (tertiary/aromatic N) is 4. The zero-order valence-electron chi connectivity index (χ0n) is 17.2. The molecule has 154 valence electrons. The van der Waals surface area contributed by atoms with E-state index >= 15 is 0 Å². The van der Waals surface area contributed by atoms with Crippen LogP contribution in [0.4, 0.5) is 10.8 Å². The van der Waals surface area contributed by atoms with Crippen LogP contribution in [0, 0.1) is 20.8 Å². The second-order valence-electron chi connectivity index (χ2n) is 6.78. The number of rotatable bonds is 9. The summed E-state index contributed by atoms with van der Waals surface area (Å²) in [5.41, 5.74) is 4.63. The van der Waals surface area contributed by atoms with E-state index in [2.05, 4.69) is 39.8 Å². The van der Waals surface area contributed by atoms with Crippen LogP contribution in [0.5, 0.6) is 0 Å². The molecule has 1 amide bonds. The monoisotopic (exact) mass is 430 g/mol. The van der Waals surface area contributed by atoms with Crippen molar-refractivity contribution in [3.8, 4) is 5.69 Å². The Balaban J connectivity index is 1.59. The van der Waals surface area contributed by atoms with Gasteiger partial charge in [-0.1, -0.05) is 54.1 Å². The zero-order chi connectivity index (χ0) is 20.8. The third-order valence-electron chi connectivity index (χ3n) is 4.37. The third kappa shape index (κ3) is 5.57. The fourth-order valence-electron chi connectivity index (χ4n) is 2.78. The van der Waals surface area contributed by atoms with Gasteiger partial charge in [0.25, 0.3) is 0 Å². The summed E-state index contributed by atoms with van der Waals surface area (Å²) in [5.74, 6) is 0.193. The fraction of sp³-hybridized carbons (Fsp3) is 0.400. The molecule has 2 N–H and O–H groups in total. The van der Waals surface area contributed by atoms with Crippen LogP contribution in [0.1, 0.15) is 36.7 Å². The van der Waals surface area contributed by atoms with Crippen LogP contribution in [0.3, 0.4) is 0 Å². The molecular weight excluding hydrogens is 404 g/mol. The lowest BCUT2D eigenvalue weighted by molar-refractivity contribution is -0.113. The van der Waals surface area contributed by atoms with E-state index in [0.29, 0.717) is 0 Å². The third-order valence-corrected chi connectivity index (χ3v) is 6.39. The van der Waals surface area contributed by atoms with Crippen molar-refractivity contribution in [2.24, 2.45) is 0 Å². The molecule has 3 rings (SSSR count). The van der Waals surface area contributed by atoms with Gasteiger partial charge in [0.1, 0.15) is 0 Å². The smallest absolute Gasteiger partial charge is 0.234 e. The summed E-state index contributed by atoms with van der Waals surface area (Å²) in [6.45, 7) is 8.95. The van der Waals surface area contributed by atoms with E-state index in [0.717, 1.165) is 51.6 Å². The number of hydrogen-bond acceptors (Lipinski definition) is 7. The van der Waals surface area contributed by atoms with Gasteiger partial charge in [0.05, 0.1) is 28.5 Å². The molecule has 0 aliphatic carbocycles. The molecule has 3 aromatic rings. The molecule has 7 nitrogen and oxygen atoms in total.